The summed E-state index contributed by atoms with van der Waals surface area (Å²) in [6, 6.07) is 10.2. The van der Waals surface area contributed by atoms with Crippen LogP contribution in [0.25, 0.3) is 0 Å². The Balaban J connectivity index is 1.99. The summed E-state index contributed by atoms with van der Waals surface area (Å²) in [4.78, 5) is 11.9. The number of carbonyl (C=O) groups excluding carboxylic acids is 1. The molecule has 21 heavy (non-hydrogen) atoms. The highest BCUT2D eigenvalue weighted by atomic mass is 35.5. The van der Waals surface area contributed by atoms with E-state index in [0.29, 0.717) is 27.2 Å². The van der Waals surface area contributed by atoms with Crippen molar-refractivity contribution in [2.45, 2.75) is 6.92 Å². The van der Waals surface area contributed by atoms with Crippen LogP contribution in [-0.2, 0) is 4.79 Å². The van der Waals surface area contributed by atoms with Gasteiger partial charge in [-0.3, -0.25) is 4.79 Å². The number of ether oxygens (including phenoxy) is 1. The molecule has 0 unspecified atom stereocenters. The van der Waals surface area contributed by atoms with E-state index in [0.717, 1.165) is 5.56 Å². The quantitative estimate of drug-likeness (QED) is 0.838. The van der Waals surface area contributed by atoms with Crippen molar-refractivity contribution in [1.82, 2.24) is 0 Å². The van der Waals surface area contributed by atoms with E-state index >= 15 is 0 Å². The van der Waals surface area contributed by atoms with E-state index in [-0.39, 0.29) is 12.5 Å². The predicted octanol–water partition coefficient (Wildman–Crippen LogP) is 3.90. The van der Waals surface area contributed by atoms with Gasteiger partial charge in [0, 0.05) is 10.0 Å². The Morgan fingerprint density at radius 3 is 2.52 bits per heavy atom. The van der Waals surface area contributed by atoms with Gasteiger partial charge in [-0.05, 0) is 36.8 Å². The van der Waals surface area contributed by atoms with Crippen molar-refractivity contribution >= 4 is 40.5 Å². The molecule has 0 spiro atoms. The molecule has 0 saturated carbocycles. The molecule has 0 fully saturated rings. The van der Waals surface area contributed by atoms with Gasteiger partial charge in [0.1, 0.15) is 5.75 Å². The van der Waals surface area contributed by atoms with Crippen LogP contribution < -0.4 is 15.8 Å². The highest BCUT2D eigenvalue weighted by molar-refractivity contribution is 6.34. The van der Waals surface area contributed by atoms with E-state index < -0.39 is 0 Å². The van der Waals surface area contributed by atoms with Crippen LogP contribution in [0.2, 0.25) is 10.0 Å². The normalized spacial score (nSPS) is 10.2. The molecular formula is C15H14Cl2N2O2. The molecule has 2 aromatic rings. The van der Waals surface area contributed by atoms with Crippen LogP contribution in [-0.4, -0.2) is 12.5 Å². The van der Waals surface area contributed by atoms with Crippen molar-refractivity contribution < 1.29 is 9.53 Å². The molecule has 0 aromatic heterocycles. The van der Waals surface area contributed by atoms with Gasteiger partial charge < -0.3 is 15.8 Å². The number of para-hydroxylation sites is 1. The van der Waals surface area contributed by atoms with E-state index in [1.165, 1.54) is 0 Å². The summed E-state index contributed by atoms with van der Waals surface area (Å²) in [5, 5.41) is 3.61. The molecular weight excluding hydrogens is 311 g/mol. The number of hydrogen-bond acceptors (Lipinski definition) is 3. The Hall–Kier alpha value is -1.91. The first kappa shape index (κ1) is 15.5. The first-order chi connectivity index (χ1) is 9.95. The lowest BCUT2D eigenvalue weighted by Crippen LogP contribution is -2.21. The highest BCUT2D eigenvalue weighted by Crippen LogP contribution is 2.25. The van der Waals surface area contributed by atoms with Gasteiger partial charge in [-0.15, -0.1) is 0 Å². The number of carbonyl (C=O) groups is 1. The molecule has 0 atom stereocenters. The summed E-state index contributed by atoms with van der Waals surface area (Å²) in [6.45, 7) is 1.70. The smallest absolute Gasteiger partial charge is 0.262 e. The van der Waals surface area contributed by atoms with Gasteiger partial charge in [-0.25, -0.2) is 0 Å². The van der Waals surface area contributed by atoms with E-state index in [9.17, 15) is 4.79 Å². The number of nitrogen functional groups attached to an aromatic ring is 1. The van der Waals surface area contributed by atoms with Crippen LogP contribution in [0.4, 0.5) is 11.4 Å². The summed E-state index contributed by atoms with van der Waals surface area (Å²) in [6.07, 6.45) is 0. The molecule has 2 rings (SSSR count). The predicted molar refractivity (Wildman–Crippen MR) is 86.2 cm³/mol. The van der Waals surface area contributed by atoms with Crippen molar-refractivity contribution in [2.75, 3.05) is 17.7 Å². The summed E-state index contributed by atoms with van der Waals surface area (Å²) in [5.74, 6) is 0.118. The third-order valence-corrected chi connectivity index (χ3v) is 3.21. The fourth-order valence-electron chi connectivity index (χ4n) is 1.80. The first-order valence-electron chi connectivity index (χ1n) is 6.19. The second kappa shape index (κ2) is 6.70. The van der Waals surface area contributed by atoms with Gasteiger partial charge in [0.15, 0.2) is 6.61 Å². The SMILES string of the molecule is Cc1cccc(N)c1NC(=O)COc1cc(Cl)cc(Cl)c1. The van der Waals surface area contributed by atoms with Crippen molar-refractivity contribution in [1.29, 1.82) is 0 Å². The molecule has 110 valence electrons. The maximum absolute atomic E-state index is 11.9. The van der Waals surface area contributed by atoms with Gasteiger partial charge in [0.2, 0.25) is 0 Å². The van der Waals surface area contributed by atoms with Crippen LogP contribution in [0, 0.1) is 6.92 Å². The maximum Gasteiger partial charge on any atom is 0.262 e. The number of amides is 1. The number of hydrogen-bond donors (Lipinski definition) is 2. The average molecular weight is 325 g/mol. The number of nitrogens with two attached hydrogens (primary N) is 1. The first-order valence-corrected chi connectivity index (χ1v) is 6.95. The van der Waals surface area contributed by atoms with E-state index in [1.807, 2.05) is 19.1 Å². The lowest BCUT2D eigenvalue weighted by molar-refractivity contribution is -0.118. The fraction of sp³-hybridized carbons (Fsp3) is 0.133. The zero-order valence-corrected chi connectivity index (χ0v) is 12.8. The molecule has 1 amide bonds. The minimum absolute atomic E-state index is 0.162. The third-order valence-electron chi connectivity index (χ3n) is 2.78. The van der Waals surface area contributed by atoms with Crippen LogP contribution in [0.1, 0.15) is 5.56 Å². The Morgan fingerprint density at radius 1 is 1.24 bits per heavy atom. The molecule has 2 aromatic carbocycles. The fourth-order valence-corrected chi connectivity index (χ4v) is 2.30. The Kier molecular flexibility index (Phi) is 4.94. The topological polar surface area (TPSA) is 64.3 Å². The zero-order chi connectivity index (χ0) is 15.4. The maximum atomic E-state index is 11.9. The summed E-state index contributed by atoms with van der Waals surface area (Å²) in [7, 11) is 0. The lowest BCUT2D eigenvalue weighted by Gasteiger charge is -2.12. The number of nitrogens with one attached hydrogen (secondary N) is 1. The molecule has 0 aliphatic carbocycles. The van der Waals surface area contributed by atoms with Gasteiger partial charge in [-0.2, -0.15) is 0 Å². The second-order valence-electron chi connectivity index (χ2n) is 4.48. The minimum Gasteiger partial charge on any atom is -0.484 e. The van der Waals surface area contributed by atoms with E-state index in [4.69, 9.17) is 33.7 Å². The number of halogens is 2. The zero-order valence-electron chi connectivity index (χ0n) is 11.3. The van der Waals surface area contributed by atoms with Crippen molar-refractivity contribution in [3.63, 3.8) is 0 Å². The molecule has 3 N–H and O–H groups in total. The Bertz CT molecular complexity index is 634. The largest absolute Gasteiger partial charge is 0.484 e. The molecule has 0 bridgehead atoms. The van der Waals surface area contributed by atoms with Crippen LogP contribution in [0.5, 0.6) is 5.75 Å². The molecule has 0 aliphatic heterocycles. The Labute approximate surface area is 132 Å². The highest BCUT2D eigenvalue weighted by Gasteiger charge is 2.09. The number of benzene rings is 2. The van der Waals surface area contributed by atoms with Crippen LogP contribution in [0.15, 0.2) is 36.4 Å². The molecule has 0 heterocycles. The van der Waals surface area contributed by atoms with Gasteiger partial charge in [0.05, 0.1) is 11.4 Å². The van der Waals surface area contributed by atoms with Gasteiger partial charge >= 0.3 is 0 Å². The van der Waals surface area contributed by atoms with E-state index in [2.05, 4.69) is 5.32 Å². The molecule has 0 radical (unpaired) electrons. The summed E-state index contributed by atoms with van der Waals surface area (Å²) < 4.78 is 5.36. The standard InChI is InChI=1S/C15H14Cl2N2O2/c1-9-3-2-4-13(18)15(9)19-14(20)8-21-12-6-10(16)5-11(17)7-12/h2-7H,8,18H2,1H3,(H,19,20). The van der Waals surface area contributed by atoms with Crippen LogP contribution in [0.3, 0.4) is 0 Å². The average Bonchev–Trinajstić information content (AvgIpc) is 2.40. The van der Waals surface area contributed by atoms with Crippen molar-refractivity contribution in [3.05, 3.63) is 52.0 Å². The minimum atomic E-state index is -0.313. The Morgan fingerprint density at radius 2 is 1.90 bits per heavy atom. The van der Waals surface area contributed by atoms with Crippen molar-refractivity contribution in [2.24, 2.45) is 0 Å². The molecule has 6 heteroatoms. The van der Waals surface area contributed by atoms with Crippen LogP contribution >= 0.6 is 23.2 Å². The molecule has 0 aliphatic rings. The third kappa shape index (κ3) is 4.28. The number of anilines is 2. The van der Waals surface area contributed by atoms with Gasteiger partial charge in [0.25, 0.3) is 5.91 Å². The lowest BCUT2D eigenvalue weighted by atomic mass is 10.1. The molecule has 0 saturated heterocycles. The monoisotopic (exact) mass is 324 g/mol. The van der Waals surface area contributed by atoms with E-state index in [1.54, 1.807) is 24.3 Å². The number of rotatable bonds is 4. The second-order valence-corrected chi connectivity index (χ2v) is 5.35. The van der Waals surface area contributed by atoms with Gasteiger partial charge in [-0.1, -0.05) is 35.3 Å². The molecule has 4 nitrogen and oxygen atoms in total. The van der Waals surface area contributed by atoms with Crippen molar-refractivity contribution in [3.8, 4) is 5.75 Å². The summed E-state index contributed by atoms with van der Waals surface area (Å²) in [5.41, 5.74) is 7.81. The number of aryl methyl sites for hydroxylation is 1. The summed E-state index contributed by atoms with van der Waals surface area (Å²) >= 11 is 11.7.